The molecule has 0 aliphatic heterocycles. The Hall–Kier alpha value is -2.28. The summed E-state index contributed by atoms with van der Waals surface area (Å²) in [5.41, 5.74) is 0.259. The molecule has 0 bridgehead atoms. The van der Waals surface area contributed by atoms with Gasteiger partial charge in [0, 0.05) is 12.7 Å². The van der Waals surface area contributed by atoms with E-state index >= 15 is 0 Å². The molecule has 108 valence electrons. The lowest BCUT2D eigenvalue weighted by Crippen LogP contribution is -2.35. The highest BCUT2D eigenvalue weighted by molar-refractivity contribution is 6.33. The first-order valence-electron chi connectivity index (χ1n) is 5.47. The number of benzene rings is 1. The predicted molar refractivity (Wildman–Crippen MR) is 72.1 cm³/mol. The lowest BCUT2D eigenvalue weighted by atomic mass is 10.2. The molecule has 8 heteroatoms. The van der Waals surface area contributed by atoms with Gasteiger partial charge < -0.3 is 20.1 Å². The monoisotopic (exact) mass is 300 g/mol. The number of nitrogens with zero attached hydrogens (tertiary/aromatic N) is 1. The van der Waals surface area contributed by atoms with E-state index in [0.29, 0.717) is 5.69 Å². The first-order valence-corrected chi connectivity index (χ1v) is 5.84. The highest BCUT2D eigenvalue weighted by Crippen LogP contribution is 2.21. The SMILES string of the molecule is COC(=O)CN(C)C(=O)Nc1ccc(C(=O)O)c(Cl)c1. The summed E-state index contributed by atoms with van der Waals surface area (Å²) in [7, 11) is 2.64. The van der Waals surface area contributed by atoms with Crippen LogP contribution in [0.15, 0.2) is 18.2 Å². The molecule has 1 aromatic rings. The van der Waals surface area contributed by atoms with Gasteiger partial charge in [0.25, 0.3) is 0 Å². The van der Waals surface area contributed by atoms with Gasteiger partial charge in [-0.05, 0) is 18.2 Å². The van der Waals surface area contributed by atoms with Gasteiger partial charge in [-0.25, -0.2) is 9.59 Å². The number of likely N-dealkylation sites (N-methyl/N-ethyl adjacent to an activating group) is 1. The van der Waals surface area contributed by atoms with Crippen molar-refractivity contribution in [3.63, 3.8) is 0 Å². The molecule has 0 aliphatic carbocycles. The number of halogens is 1. The van der Waals surface area contributed by atoms with Crippen LogP contribution in [-0.4, -0.2) is 48.7 Å². The van der Waals surface area contributed by atoms with Crippen molar-refractivity contribution >= 4 is 35.3 Å². The summed E-state index contributed by atoms with van der Waals surface area (Å²) >= 11 is 5.77. The number of urea groups is 1. The molecule has 0 fully saturated rings. The number of rotatable bonds is 4. The van der Waals surface area contributed by atoms with Crippen molar-refractivity contribution in [3.8, 4) is 0 Å². The van der Waals surface area contributed by atoms with E-state index in [1.807, 2.05) is 0 Å². The van der Waals surface area contributed by atoms with Crippen LogP contribution in [0.3, 0.4) is 0 Å². The van der Waals surface area contributed by atoms with E-state index in [1.165, 1.54) is 32.4 Å². The standard InChI is InChI=1S/C12H13ClN2O5/c1-15(6-10(16)20-2)12(19)14-7-3-4-8(11(17)18)9(13)5-7/h3-5H,6H2,1-2H3,(H,14,19)(H,17,18). The van der Waals surface area contributed by atoms with Crippen LogP contribution in [0.1, 0.15) is 10.4 Å². The molecule has 0 unspecified atom stereocenters. The van der Waals surface area contributed by atoms with Crippen LogP contribution in [0.4, 0.5) is 10.5 Å². The molecule has 0 spiro atoms. The second-order valence-electron chi connectivity index (χ2n) is 3.86. The van der Waals surface area contributed by atoms with Crippen molar-refractivity contribution < 1.29 is 24.2 Å². The number of ether oxygens (including phenoxy) is 1. The van der Waals surface area contributed by atoms with Crippen molar-refractivity contribution in [2.75, 3.05) is 26.0 Å². The van der Waals surface area contributed by atoms with Gasteiger partial charge in [0.2, 0.25) is 0 Å². The van der Waals surface area contributed by atoms with Crippen LogP contribution < -0.4 is 5.32 Å². The Bertz CT molecular complexity index is 547. The van der Waals surface area contributed by atoms with Crippen LogP contribution in [0, 0.1) is 0 Å². The number of aromatic carboxylic acids is 1. The van der Waals surface area contributed by atoms with Crippen LogP contribution in [-0.2, 0) is 9.53 Å². The van der Waals surface area contributed by atoms with Crippen LogP contribution in [0.2, 0.25) is 5.02 Å². The summed E-state index contributed by atoms with van der Waals surface area (Å²) in [6.07, 6.45) is 0. The van der Waals surface area contributed by atoms with Gasteiger partial charge in [-0.15, -0.1) is 0 Å². The molecule has 20 heavy (non-hydrogen) atoms. The molecular weight excluding hydrogens is 288 g/mol. The highest BCUT2D eigenvalue weighted by atomic mass is 35.5. The molecule has 0 atom stereocenters. The Labute approximate surface area is 120 Å². The highest BCUT2D eigenvalue weighted by Gasteiger charge is 2.14. The maximum atomic E-state index is 11.7. The number of hydrogen-bond acceptors (Lipinski definition) is 4. The molecular formula is C12H13ClN2O5. The molecule has 1 rings (SSSR count). The molecule has 0 aliphatic rings. The van der Waals surface area contributed by atoms with Gasteiger partial charge in [-0.3, -0.25) is 4.79 Å². The minimum absolute atomic E-state index is 0.00548. The molecule has 0 radical (unpaired) electrons. The van der Waals surface area contributed by atoms with E-state index in [2.05, 4.69) is 10.1 Å². The molecule has 0 saturated heterocycles. The van der Waals surface area contributed by atoms with E-state index in [4.69, 9.17) is 16.7 Å². The zero-order valence-electron chi connectivity index (χ0n) is 10.8. The number of methoxy groups -OCH3 is 1. The zero-order valence-corrected chi connectivity index (χ0v) is 11.6. The van der Waals surface area contributed by atoms with Crippen molar-refractivity contribution in [1.29, 1.82) is 0 Å². The number of nitrogens with one attached hydrogen (secondary N) is 1. The number of esters is 1. The number of amides is 2. The average Bonchev–Trinajstić information content (AvgIpc) is 2.37. The predicted octanol–water partition coefficient (Wildman–Crippen LogP) is 1.67. The summed E-state index contributed by atoms with van der Waals surface area (Å²) in [5, 5.41) is 11.3. The third kappa shape index (κ3) is 4.13. The number of carboxylic acid groups (broad SMARTS) is 1. The van der Waals surface area contributed by atoms with Gasteiger partial charge in [0.15, 0.2) is 0 Å². The van der Waals surface area contributed by atoms with E-state index in [-0.39, 0.29) is 17.1 Å². The Morgan fingerprint density at radius 3 is 2.55 bits per heavy atom. The molecule has 0 aromatic heterocycles. The molecule has 7 nitrogen and oxygen atoms in total. The average molecular weight is 301 g/mol. The lowest BCUT2D eigenvalue weighted by Gasteiger charge is -2.16. The van der Waals surface area contributed by atoms with Crippen LogP contribution >= 0.6 is 11.6 Å². The normalized spacial score (nSPS) is 9.75. The van der Waals surface area contributed by atoms with Crippen LogP contribution in [0.5, 0.6) is 0 Å². The van der Waals surface area contributed by atoms with Gasteiger partial charge >= 0.3 is 18.0 Å². The van der Waals surface area contributed by atoms with E-state index < -0.39 is 18.0 Å². The van der Waals surface area contributed by atoms with Gasteiger partial charge in [-0.1, -0.05) is 11.6 Å². The Morgan fingerprint density at radius 2 is 2.05 bits per heavy atom. The molecule has 2 amide bonds. The van der Waals surface area contributed by atoms with E-state index in [1.54, 1.807) is 0 Å². The quantitative estimate of drug-likeness (QED) is 0.825. The van der Waals surface area contributed by atoms with Gasteiger partial charge in [0.05, 0.1) is 17.7 Å². The second kappa shape index (κ2) is 6.76. The number of carbonyl (C=O) groups is 3. The molecule has 0 heterocycles. The second-order valence-corrected chi connectivity index (χ2v) is 4.27. The summed E-state index contributed by atoms with van der Waals surface area (Å²) in [4.78, 5) is 34.7. The Kier molecular flexibility index (Phi) is 5.33. The Balaban J connectivity index is 2.73. The van der Waals surface area contributed by atoms with E-state index in [0.717, 1.165) is 4.90 Å². The van der Waals surface area contributed by atoms with E-state index in [9.17, 15) is 14.4 Å². The number of carbonyl (C=O) groups excluding carboxylic acids is 2. The fraction of sp³-hybridized carbons (Fsp3) is 0.250. The summed E-state index contributed by atoms with van der Waals surface area (Å²) in [6.45, 7) is -0.205. The zero-order chi connectivity index (χ0) is 15.3. The summed E-state index contributed by atoms with van der Waals surface area (Å²) < 4.78 is 4.44. The minimum Gasteiger partial charge on any atom is -0.478 e. The third-order valence-corrected chi connectivity index (χ3v) is 2.70. The van der Waals surface area contributed by atoms with Crippen molar-refractivity contribution in [2.45, 2.75) is 0 Å². The Morgan fingerprint density at radius 1 is 1.40 bits per heavy atom. The van der Waals surface area contributed by atoms with Crippen molar-refractivity contribution in [3.05, 3.63) is 28.8 Å². The van der Waals surface area contributed by atoms with Crippen molar-refractivity contribution in [2.24, 2.45) is 0 Å². The number of hydrogen-bond donors (Lipinski definition) is 2. The largest absolute Gasteiger partial charge is 0.478 e. The maximum Gasteiger partial charge on any atom is 0.337 e. The molecule has 0 saturated carbocycles. The minimum atomic E-state index is -1.16. The van der Waals surface area contributed by atoms with Crippen molar-refractivity contribution in [1.82, 2.24) is 4.90 Å². The number of carboxylic acids is 1. The van der Waals surface area contributed by atoms with Crippen LogP contribution in [0.25, 0.3) is 0 Å². The molecule has 1 aromatic carbocycles. The summed E-state index contributed by atoms with van der Waals surface area (Å²) in [5.74, 6) is -1.71. The lowest BCUT2D eigenvalue weighted by molar-refractivity contribution is -0.140. The first kappa shape index (κ1) is 15.8. The molecule has 2 N–H and O–H groups in total. The summed E-state index contributed by atoms with van der Waals surface area (Å²) in [6, 6.07) is 3.45. The smallest absolute Gasteiger partial charge is 0.337 e. The fourth-order valence-corrected chi connectivity index (χ4v) is 1.58. The maximum absolute atomic E-state index is 11.7. The topological polar surface area (TPSA) is 95.9 Å². The fourth-order valence-electron chi connectivity index (χ4n) is 1.32. The van der Waals surface area contributed by atoms with Gasteiger partial charge in [0.1, 0.15) is 6.54 Å². The first-order chi connectivity index (χ1) is 9.35. The third-order valence-electron chi connectivity index (χ3n) is 2.39. The number of anilines is 1. The van der Waals surface area contributed by atoms with Gasteiger partial charge in [-0.2, -0.15) is 0 Å².